The van der Waals surface area contributed by atoms with Crippen LogP contribution in [0.25, 0.3) is 0 Å². The van der Waals surface area contributed by atoms with E-state index in [0.717, 1.165) is 29.2 Å². The minimum Gasteiger partial charge on any atom is -0.495 e. The zero-order valence-electron chi connectivity index (χ0n) is 14.1. The van der Waals surface area contributed by atoms with Crippen molar-refractivity contribution >= 4 is 23.2 Å². The highest BCUT2D eigenvalue weighted by molar-refractivity contribution is 6.02. The minimum absolute atomic E-state index is 0.195. The third-order valence-electron chi connectivity index (χ3n) is 3.57. The van der Waals surface area contributed by atoms with Crippen LogP contribution in [0.4, 0.5) is 24.5 Å². The van der Waals surface area contributed by atoms with Crippen LogP contribution in [0.15, 0.2) is 48.5 Å². The molecule has 2 rings (SSSR count). The van der Waals surface area contributed by atoms with Crippen molar-refractivity contribution in [3.63, 3.8) is 0 Å². The van der Waals surface area contributed by atoms with Gasteiger partial charge in [-0.3, -0.25) is 9.59 Å². The number of methoxy groups -OCH3 is 1. The summed E-state index contributed by atoms with van der Waals surface area (Å²) in [6.07, 6.45) is -4.47. The number of ether oxygens (including phenoxy) is 1. The van der Waals surface area contributed by atoms with Gasteiger partial charge in [0, 0.05) is 12.6 Å². The lowest BCUT2D eigenvalue weighted by Crippen LogP contribution is -2.36. The van der Waals surface area contributed by atoms with Crippen LogP contribution in [0.2, 0.25) is 0 Å². The Morgan fingerprint density at radius 1 is 1.08 bits per heavy atom. The highest BCUT2D eigenvalue weighted by Crippen LogP contribution is 2.30. The fourth-order valence-electron chi connectivity index (χ4n) is 2.30. The summed E-state index contributed by atoms with van der Waals surface area (Å²) in [5, 5.41) is 2.61. The monoisotopic (exact) mass is 366 g/mol. The van der Waals surface area contributed by atoms with E-state index in [-0.39, 0.29) is 12.2 Å². The molecule has 0 spiro atoms. The topological polar surface area (TPSA) is 58.6 Å². The second-order valence-electron chi connectivity index (χ2n) is 5.40. The van der Waals surface area contributed by atoms with Crippen molar-refractivity contribution in [1.82, 2.24) is 0 Å². The van der Waals surface area contributed by atoms with Crippen molar-refractivity contribution in [3.8, 4) is 5.75 Å². The molecule has 0 heterocycles. The first-order chi connectivity index (χ1) is 12.2. The summed E-state index contributed by atoms with van der Waals surface area (Å²) in [5.41, 5.74) is -0.208. The van der Waals surface area contributed by atoms with Gasteiger partial charge in [-0.15, -0.1) is 0 Å². The lowest BCUT2D eigenvalue weighted by molar-refractivity contribution is -0.137. The van der Waals surface area contributed by atoms with Crippen molar-refractivity contribution in [1.29, 1.82) is 0 Å². The quantitative estimate of drug-likeness (QED) is 0.878. The predicted molar refractivity (Wildman–Crippen MR) is 91.1 cm³/mol. The van der Waals surface area contributed by atoms with Gasteiger partial charge in [0.1, 0.15) is 12.3 Å². The highest BCUT2D eigenvalue weighted by Gasteiger charge is 2.30. The molecule has 2 amide bonds. The number of para-hydroxylation sites is 2. The number of hydrogen-bond acceptors (Lipinski definition) is 3. The van der Waals surface area contributed by atoms with Crippen LogP contribution in [0.3, 0.4) is 0 Å². The first-order valence-corrected chi connectivity index (χ1v) is 7.60. The Morgan fingerprint density at radius 3 is 2.23 bits per heavy atom. The zero-order chi connectivity index (χ0) is 19.3. The molecule has 2 aromatic carbocycles. The normalized spacial score (nSPS) is 11.0. The Bertz CT molecular complexity index is 789. The van der Waals surface area contributed by atoms with Crippen LogP contribution in [-0.4, -0.2) is 25.5 Å². The third kappa shape index (κ3) is 4.75. The van der Waals surface area contributed by atoms with Gasteiger partial charge in [0.05, 0.1) is 18.4 Å². The van der Waals surface area contributed by atoms with Gasteiger partial charge in [-0.05, 0) is 36.4 Å². The molecular formula is C18H17F3N2O3. The van der Waals surface area contributed by atoms with Crippen LogP contribution in [-0.2, 0) is 15.8 Å². The van der Waals surface area contributed by atoms with Crippen molar-refractivity contribution < 1.29 is 27.5 Å². The van der Waals surface area contributed by atoms with Crippen molar-refractivity contribution in [3.05, 3.63) is 54.1 Å². The lowest BCUT2D eigenvalue weighted by atomic mass is 10.2. The molecule has 1 N–H and O–H groups in total. The number of alkyl halides is 3. The molecule has 26 heavy (non-hydrogen) atoms. The Balaban J connectivity index is 2.15. The molecule has 8 heteroatoms. The van der Waals surface area contributed by atoms with Gasteiger partial charge in [-0.2, -0.15) is 13.2 Å². The summed E-state index contributed by atoms with van der Waals surface area (Å²) in [7, 11) is 1.45. The minimum atomic E-state index is -4.47. The maximum Gasteiger partial charge on any atom is 0.416 e. The lowest BCUT2D eigenvalue weighted by Gasteiger charge is -2.21. The summed E-state index contributed by atoms with van der Waals surface area (Å²) >= 11 is 0. The number of hydrogen-bond donors (Lipinski definition) is 1. The molecule has 0 aliphatic carbocycles. The number of benzene rings is 2. The molecule has 5 nitrogen and oxygen atoms in total. The van der Waals surface area contributed by atoms with Gasteiger partial charge in [-0.25, -0.2) is 0 Å². The standard InChI is InChI=1S/C18H17F3N2O3/c1-12(24)23(14-9-7-13(8-10-14)18(19,20)21)11-17(25)22-15-5-3-4-6-16(15)26-2/h3-10H,11H2,1-2H3,(H,22,25). The predicted octanol–water partition coefficient (Wildman–Crippen LogP) is 3.71. The molecule has 0 aromatic heterocycles. The first kappa shape index (κ1) is 19.3. The third-order valence-corrected chi connectivity index (χ3v) is 3.57. The number of rotatable bonds is 5. The summed E-state index contributed by atoms with van der Waals surface area (Å²) in [5.74, 6) is -0.533. The van der Waals surface area contributed by atoms with E-state index in [1.165, 1.54) is 14.0 Å². The summed E-state index contributed by atoms with van der Waals surface area (Å²) < 4.78 is 43.1. The largest absolute Gasteiger partial charge is 0.495 e. The van der Waals surface area contributed by atoms with E-state index in [1.807, 2.05) is 0 Å². The molecule has 0 unspecified atom stereocenters. The van der Waals surface area contributed by atoms with E-state index in [4.69, 9.17) is 4.74 Å². The van der Waals surface area contributed by atoms with E-state index < -0.39 is 23.6 Å². The summed E-state index contributed by atoms with van der Waals surface area (Å²) in [6, 6.07) is 10.8. The Labute approximate surface area is 148 Å². The van der Waals surface area contributed by atoms with Gasteiger partial charge in [0.15, 0.2) is 0 Å². The second kappa shape index (κ2) is 7.90. The summed E-state index contributed by atoms with van der Waals surface area (Å²) in [4.78, 5) is 25.2. The maximum atomic E-state index is 12.6. The van der Waals surface area contributed by atoms with E-state index in [2.05, 4.69) is 5.32 Å². The number of anilines is 2. The smallest absolute Gasteiger partial charge is 0.416 e. The van der Waals surface area contributed by atoms with Crippen molar-refractivity contribution in [2.45, 2.75) is 13.1 Å². The van der Waals surface area contributed by atoms with Gasteiger partial charge in [-0.1, -0.05) is 12.1 Å². The van der Waals surface area contributed by atoms with Gasteiger partial charge in [0.2, 0.25) is 11.8 Å². The Morgan fingerprint density at radius 2 is 1.69 bits per heavy atom. The number of carbonyl (C=O) groups excluding carboxylic acids is 2. The van der Waals surface area contributed by atoms with Crippen molar-refractivity contribution in [2.24, 2.45) is 0 Å². The second-order valence-corrected chi connectivity index (χ2v) is 5.40. The molecule has 0 radical (unpaired) electrons. The number of nitrogens with one attached hydrogen (secondary N) is 1. The zero-order valence-corrected chi connectivity index (χ0v) is 14.1. The number of carbonyl (C=O) groups is 2. The Hall–Kier alpha value is -3.03. The summed E-state index contributed by atoms with van der Waals surface area (Å²) in [6.45, 7) is 0.882. The molecule has 0 saturated heterocycles. The highest BCUT2D eigenvalue weighted by atomic mass is 19.4. The molecule has 0 aliphatic heterocycles. The van der Waals surface area contributed by atoms with Crippen molar-refractivity contribution in [2.75, 3.05) is 23.9 Å². The van der Waals surface area contributed by atoms with Crippen LogP contribution in [0.5, 0.6) is 5.75 Å². The number of nitrogens with zero attached hydrogens (tertiary/aromatic N) is 1. The molecule has 0 atom stereocenters. The van der Waals surface area contributed by atoms with Crippen LogP contribution in [0.1, 0.15) is 12.5 Å². The molecule has 0 aliphatic rings. The number of amides is 2. The molecule has 0 fully saturated rings. The molecule has 138 valence electrons. The van der Waals surface area contributed by atoms with Crippen LogP contribution < -0.4 is 15.0 Å². The SMILES string of the molecule is COc1ccccc1NC(=O)CN(C(C)=O)c1ccc(C(F)(F)F)cc1. The van der Waals surface area contributed by atoms with E-state index in [1.54, 1.807) is 24.3 Å². The Kier molecular flexibility index (Phi) is 5.86. The average molecular weight is 366 g/mol. The fourth-order valence-corrected chi connectivity index (χ4v) is 2.30. The maximum absolute atomic E-state index is 12.6. The van der Waals surface area contributed by atoms with Crippen LogP contribution >= 0.6 is 0 Å². The van der Waals surface area contributed by atoms with Crippen LogP contribution in [0, 0.1) is 0 Å². The molecular weight excluding hydrogens is 349 g/mol. The van der Waals surface area contributed by atoms with Gasteiger partial charge in [0.25, 0.3) is 0 Å². The molecule has 2 aromatic rings. The molecule has 0 bridgehead atoms. The first-order valence-electron chi connectivity index (χ1n) is 7.60. The average Bonchev–Trinajstić information content (AvgIpc) is 2.59. The molecule has 0 saturated carbocycles. The van der Waals surface area contributed by atoms with Gasteiger partial charge >= 0.3 is 6.18 Å². The van der Waals surface area contributed by atoms with E-state index in [9.17, 15) is 22.8 Å². The number of halogens is 3. The van der Waals surface area contributed by atoms with Gasteiger partial charge < -0.3 is 15.0 Å². The van der Waals surface area contributed by atoms with E-state index in [0.29, 0.717) is 11.4 Å². The fraction of sp³-hybridized carbons (Fsp3) is 0.222. The van der Waals surface area contributed by atoms with E-state index >= 15 is 0 Å².